The van der Waals surface area contributed by atoms with Crippen LogP contribution in [0.4, 0.5) is 26.3 Å². The first-order valence-corrected chi connectivity index (χ1v) is 12.3. The molecule has 0 fully saturated rings. The predicted molar refractivity (Wildman–Crippen MR) is 131 cm³/mol. The van der Waals surface area contributed by atoms with Crippen molar-refractivity contribution >= 4 is 5.97 Å². The number of benzene rings is 3. The molecule has 0 N–H and O–H groups in total. The fourth-order valence-corrected chi connectivity index (χ4v) is 4.42. The van der Waals surface area contributed by atoms with Crippen LogP contribution in [-0.2, 0) is 4.79 Å². The Morgan fingerprint density at radius 1 is 0.718 bits per heavy atom. The van der Waals surface area contributed by atoms with Crippen LogP contribution in [0.15, 0.2) is 48.0 Å². The van der Waals surface area contributed by atoms with Crippen molar-refractivity contribution in [2.24, 2.45) is 0 Å². The molecule has 0 saturated heterocycles. The van der Waals surface area contributed by atoms with Crippen molar-refractivity contribution in [2.75, 3.05) is 13.2 Å². The third-order valence-electron chi connectivity index (χ3n) is 6.38. The van der Waals surface area contributed by atoms with Gasteiger partial charge in [-0.15, -0.1) is 0 Å². The number of hydrogen-bond acceptors (Lipinski definition) is 4. The fourth-order valence-electron chi connectivity index (χ4n) is 4.42. The molecule has 0 aliphatic heterocycles. The van der Waals surface area contributed by atoms with Gasteiger partial charge >= 0.3 is 5.97 Å². The van der Waals surface area contributed by atoms with Crippen molar-refractivity contribution in [3.05, 3.63) is 88.5 Å². The number of esters is 1. The van der Waals surface area contributed by atoms with Crippen LogP contribution in [0.2, 0.25) is 0 Å². The molecule has 0 spiro atoms. The number of ether oxygens (including phenoxy) is 3. The molecule has 0 radical (unpaired) electrons. The number of halogens is 6. The van der Waals surface area contributed by atoms with E-state index in [1.54, 1.807) is 13.8 Å². The van der Waals surface area contributed by atoms with E-state index in [4.69, 9.17) is 14.2 Å². The Bertz CT molecular complexity index is 1440. The zero-order valence-electron chi connectivity index (χ0n) is 21.1. The third-order valence-corrected chi connectivity index (χ3v) is 6.38. The van der Waals surface area contributed by atoms with E-state index >= 15 is 4.39 Å². The normalized spacial score (nSPS) is 15.1. The highest BCUT2D eigenvalue weighted by Crippen LogP contribution is 2.38. The fraction of sp³-hybridized carbons (Fsp3) is 0.276. The van der Waals surface area contributed by atoms with E-state index in [9.17, 15) is 26.7 Å². The van der Waals surface area contributed by atoms with Crippen molar-refractivity contribution in [1.29, 1.82) is 0 Å². The van der Waals surface area contributed by atoms with Crippen LogP contribution >= 0.6 is 0 Å². The van der Waals surface area contributed by atoms with Crippen molar-refractivity contribution in [3.63, 3.8) is 0 Å². The Morgan fingerprint density at radius 2 is 1.23 bits per heavy atom. The number of rotatable bonds is 8. The average Bonchev–Trinajstić information content (AvgIpc) is 2.93. The van der Waals surface area contributed by atoms with Gasteiger partial charge in [-0.25, -0.2) is 18.0 Å². The van der Waals surface area contributed by atoms with Gasteiger partial charge in [0.15, 0.2) is 34.7 Å². The molecule has 3 aromatic carbocycles. The van der Waals surface area contributed by atoms with E-state index < -0.39 is 63.7 Å². The minimum absolute atomic E-state index is 0.00589. The molecule has 1 atom stereocenters. The molecule has 1 aliphatic carbocycles. The summed E-state index contributed by atoms with van der Waals surface area (Å²) in [6.07, 6.45) is 1.92. The van der Waals surface area contributed by atoms with Gasteiger partial charge in [-0.1, -0.05) is 18.2 Å². The van der Waals surface area contributed by atoms with Crippen molar-refractivity contribution in [3.8, 4) is 28.4 Å². The molecule has 39 heavy (non-hydrogen) atoms. The molecule has 0 heterocycles. The summed E-state index contributed by atoms with van der Waals surface area (Å²) in [4.78, 5) is 12.5. The number of allylic oxidation sites excluding steroid dienone is 1. The van der Waals surface area contributed by atoms with Gasteiger partial charge in [-0.05, 0) is 68.9 Å². The second-order valence-electron chi connectivity index (χ2n) is 8.72. The molecule has 10 heteroatoms. The SMILES string of the molecule is CCOc1ccc(OC(=O)C2=CCC(c3ccc(-c4ccc(OCC)c(F)c4F)c(F)c3F)CC2)c(F)c1F. The van der Waals surface area contributed by atoms with E-state index in [-0.39, 0.29) is 55.1 Å². The predicted octanol–water partition coefficient (Wildman–Crippen LogP) is 7.79. The summed E-state index contributed by atoms with van der Waals surface area (Å²) < 4.78 is 102. The first-order valence-electron chi connectivity index (χ1n) is 12.3. The van der Waals surface area contributed by atoms with E-state index in [2.05, 4.69) is 0 Å². The maximum atomic E-state index is 15.1. The van der Waals surface area contributed by atoms with Gasteiger partial charge in [0.25, 0.3) is 0 Å². The smallest absolute Gasteiger partial charge is 0.339 e. The first kappa shape index (κ1) is 28.1. The van der Waals surface area contributed by atoms with Crippen molar-refractivity contribution in [2.45, 2.75) is 39.0 Å². The monoisotopic (exact) mass is 550 g/mol. The molecule has 4 rings (SSSR count). The lowest BCUT2D eigenvalue weighted by atomic mass is 9.83. The highest BCUT2D eigenvalue weighted by atomic mass is 19.2. The minimum Gasteiger partial charge on any atom is -0.491 e. The zero-order chi connectivity index (χ0) is 28.3. The van der Waals surface area contributed by atoms with Crippen LogP contribution in [0.25, 0.3) is 11.1 Å². The number of carbonyl (C=O) groups is 1. The maximum absolute atomic E-state index is 15.1. The van der Waals surface area contributed by atoms with E-state index in [0.717, 1.165) is 24.3 Å². The largest absolute Gasteiger partial charge is 0.491 e. The van der Waals surface area contributed by atoms with Gasteiger partial charge in [-0.2, -0.15) is 13.2 Å². The van der Waals surface area contributed by atoms with Gasteiger partial charge in [-0.3, -0.25) is 0 Å². The molecule has 4 nitrogen and oxygen atoms in total. The Hall–Kier alpha value is -3.95. The molecule has 1 aliphatic rings. The zero-order valence-corrected chi connectivity index (χ0v) is 21.1. The summed E-state index contributed by atoms with van der Waals surface area (Å²) in [5, 5.41) is 0. The lowest BCUT2D eigenvalue weighted by Crippen LogP contribution is -2.17. The molecule has 3 aromatic rings. The Balaban J connectivity index is 1.50. The summed E-state index contributed by atoms with van der Waals surface area (Å²) in [6, 6.07) is 6.94. The van der Waals surface area contributed by atoms with Crippen LogP contribution in [-0.4, -0.2) is 19.2 Å². The summed E-state index contributed by atoms with van der Waals surface area (Å²) in [5.41, 5.74) is -0.725. The second-order valence-corrected chi connectivity index (χ2v) is 8.72. The average molecular weight is 550 g/mol. The highest BCUT2D eigenvalue weighted by molar-refractivity contribution is 5.90. The van der Waals surface area contributed by atoms with Crippen LogP contribution in [0, 0.1) is 34.9 Å². The van der Waals surface area contributed by atoms with Crippen LogP contribution in [0.5, 0.6) is 17.2 Å². The number of hydrogen-bond donors (Lipinski definition) is 0. The van der Waals surface area contributed by atoms with Crippen LogP contribution < -0.4 is 14.2 Å². The van der Waals surface area contributed by atoms with E-state index in [1.807, 2.05) is 0 Å². The van der Waals surface area contributed by atoms with Gasteiger partial charge in [0, 0.05) is 16.7 Å². The molecule has 0 amide bonds. The van der Waals surface area contributed by atoms with Gasteiger partial charge in [0.05, 0.1) is 13.2 Å². The molecular weight excluding hydrogens is 526 g/mol. The standard InChI is InChI=1S/C29H24F6O4/c1-3-37-20-12-11-19(25(32)26(20)33)18-10-9-17(23(30)24(18)31)15-5-7-16(8-6-15)29(36)39-22-14-13-21(38-4-2)27(34)28(22)35/h7,9-15H,3-6,8H2,1-2H3. The molecule has 206 valence electrons. The Labute approximate surface area is 220 Å². The number of carbonyl (C=O) groups excluding carboxylic acids is 1. The third kappa shape index (κ3) is 5.60. The van der Waals surface area contributed by atoms with Gasteiger partial charge in [0.2, 0.25) is 17.5 Å². The highest BCUT2D eigenvalue weighted by Gasteiger charge is 2.28. The van der Waals surface area contributed by atoms with E-state index in [0.29, 0.717) is 0 Å². The van der Waals surface area contributed by atoms with Crippen LogP contribution in [0.3, 0.4) is 0 Å². The Kier molecular flexibility index (Phi) is 8.52. The van der Waals surface area contributed by atoms with Crippen molar-refractivity contribution < 1.29 is 45.3 Å². The van der Waals surface area contributed by atoms with Gasteiger partial charge in [0.1, 0.15) is 0 Å². The van der Waals surface area contributed by atoms with Crippen molar-refractivity contribution in [1.82, 2.24) is 0 Å². The molecule has 1 unspecified atom stereocenters. The van der Waals surface area contributed by atoms with Crippen LogP contribution in [0.1, 0.15) is 44.6 Å². The maximum Gasteiger partial charge on any atom is 0.339 e. The first-order chi connectivity index (χ1) is 18.7. The van der Waals surface area contributed by atoms with Gasteiger partial charge < -0.3 is 14.2 Å². The summed E-state index contributed by atoms with van der Waals surface area (Å²) in [5.74, 6) is -10.5. The molecular formula is C29H24F6O4. The lowest BCUT2D eigenvalue weighted by molar-refractivity contribution is -0.130. The van der Waals surface area contributed by atoms with E-state index in [1.165, 1.54) is 18.2 Å². The molecule has 0 saturated carbocycles. The minimum atomic E-state index is -1.37. The summed E-state index contributed by atoms with van der Waals surface area (Å²) in [6.45, 7) is 3.41. The Morgan fingerprint density at radius 3 is 1.82 bits per heavy atom. The molecule has 0 aromatic heterocycles. The summed E-state index contributed by atoms with van der Waals surface area (Å²) in [7, 11) is 0. The summed E-state index contributed by atoms with van der Waals surface area (Å²) >= 11 is 0. The lowest BCUT2D eigenvalue weighted by Gasteiger charge is -2.23. The topological polar surface area (TPSA) is 44.8 Å². The quantitative estimate of drug-likeness (QED) is 0.163. The molecule has 0 bridgehead atoms. The second kappa shape index (κ2) is 11.8.